The fourth-order valence-electron chi connectivity index (χ4n) is 5.56. The Balaban J connectivity index is 1.18. The molecule has 0 saturated heterocycles. The van der Waals surface area contributed by atoms with Gasteiger partial charge in [-0.25, -0.2) is 4.98 Å². The number of nitrogens with zero attached hydrogens (tertiary/aromatic N) is 4. The molecule has 0 amide bonds. The molecule has 0 spiro atoms. The van der Waals surface area contributed by atoms with E-state index in [1.807, 2.05) is 30.1 Å². The zero-order valence-corrected chi connectivity index (χ0v) is 26.2. The molecule has 41 heavy (non-hydrogen) atoms. The van der Waals surface area contributed by atoms with Crippen LogP contribution in [0.5, 0.6) is 11.6 Å². The summed E-state index contributed by atoms with van der Waals surface area (Å²) in [6, 6.07) is 10.3. The Labute approximate surface area is 247 Å². The van der Waals surface area contributed by atoms with Gasteiger partial charge in [-0.05, 0) is 73.6 Å². The highest BCUT2D eigenvalue weighted by atomic mass is 16.5. The van der Waals surface area contributed by atoms with Crippen LogP contribution in [0.3, 0.4) is 0 Å². The number of rotatable bonds is 16. The molecule has 4 rings (SSSR count). The molecule has 0 atom stereocenters. The monoisotopic (exact) mass is 558 g/mol. The maximum atomic E-state index is 6.26. The molecule has 0 N–H and O–H groups in total. The summed E-state index contributed by atoms with van der Waals surface area (Å²) in [5.41, 5.74) is 6.14. The molecule has 0 fully saturated rings. The fourth-order valence-corrected chi connectivity index (χ4v) is 5.56. The van der Waals surface area contributed by atoms with Gasteiger partial charge in [0.05, 0.1) is 22.8 Å². The van der Waals surface area contributed by atoms with Crippen molar-refractivity contribution in [2.75, 3.05) is 6.61 Å². The second kappa shape index (κ2) is 14.7. The average molecular weight is 559 g/mol. The van der Waals surface area contributed by atoms with Crippen molar-refractivity contribution in [3.05, 3.63) is 60.0 Å². The molecule has 0 saturated carbocycles. The summed E-state index contributed by atoms with van der Waals surface area (Å²) in [5, 5.41) is 5.37. The van der Waals surface area contributed by atoms with Crippen molar-refractivity contribution in [3.63, 3.8) is 0 Å². The molecule has 0 radical (unpaired) electrons. The summed E-state index contributed by atoms with van der Waals surface area (Å²) in [5.74, 6) is 1.38. The Morgan fingerprint density at radius 3 is 2.20 bits per heavy atom. The van der Waals surface area contributed by atoms with Gasteiger partial charge in [0.15, 0.2) is 0 Å². The molecular formula is C35H50N4O2. The van der Waals surface area contributed by atoms with Gasteiger partial charge < -0.3 is 14.0 Å². The van der Waals surface area contributed by atoms with E-state index in [2.05, 4.69) is 73.7 Å². The van der Waals surface area contributed by atoms with Crippen molar-refractivity contribution in [2.24, 2.45) is 12.5 Å². The largest absolute Gasteiger partial charge is 0.438 e. The first-order valence-corrected chi connectivity index (χ1v) is 15.5. The SMILES string of the molecule is Cc1cc(Oc2nccc3c2ccn3COCCCCCCCCCCCC(C)(C)C)ccc1-c1c(C)cnn1C. The van der Waals surface area contributed by atoms with E-state index in [-0.39, 0.29) is 0 Å². The Hall–Kier alpha value is -3.12. The molecule has 6 nitrogen and oxygen atoms in total. The van der Waals surface area contributed by atoms with E-state index in [1.54, 1.807) is 6.20 Å². The number of fused-ring (bicyclic) bond motifs is 1. The third-order valence-electron chi connectivity index (χ3n) is 7.90. The quantitative estimate of drug-likeness (QED) is 0.128. The Kier molecular flexibility index (Phi) is 11.0. The van der Waals surface area contributed by atoms with Gasteiger partial charge in [0.2, 0.25) is 5.88 Å². The van der Waals surface area contributed by atoms with Crippen LogP contribution in [0.15, 0.2) is 48.9 Å². The molecule has 222 valence electrons. The second-order valence-corrected chi connectivity index (χ2v) is 12.7. The summed E-state index contributed by atoms with van der Waals surface area (Å²) in [6.07, 6.45) is 19.1. The molecule has 0 aliphatic carbocycles. The Morgan fingerprint density at radius 1 is 0.829 bits per heavy atom. The van der Waals surface area contributed by atoms with E-state index in [4.69, 9.17) is 9.47 Å². The van der Waals surface area contributed by atoms with Crippen LogP contribution < -0.4 is 4.74 Å². The van der Waals surface area contributed by atoms with Gasteiger partial charge in [0.25, 0.3) is 0 Å². The van der Waals surface area contributed by atoms with Gasteiger partial charge in [-0.2, -0.15) is 5.10 Å². The van der Waals surface area contributed by atoms with E-state index in [0.29, 0.717) is 18.0 Å². The van der Waals surface area contributed by atoms with E-state index >= 15 is 0 Å². The number of aryl methyl sites for hydroxylation is 3. The average Bonchev–Trinajstić information content (AvgIpc) is 3.49. The van der Waals surface area contributed by atoms with Crippen molar-refractivity contribution in [2.45, 2.75) is 106 Å². The van der Waals surface area contributed by atoms with Crippen LogP contribution in [-0.2, 0) is 18.5 Å². The summed E-state index contributed by atoms with van der Waals surface area (Å²) < 4.78 is 16.3. The number of pyridine rings is 1. The molecule has 6 heteroatoms. The van der Waals surface area contributed by atoms with Crippen molar-refractivity contribution in [1.82, 2.24) is 19.3 Å². The highest BCUT2D eigenvalue weighted by Crippen LogP contribution is 2.33. The van der Waals surface area contributed by atoms with E-state index in [9.17, 15) is 0 Å². The maximum Gasteiger partial charge on any atom is 0.228 e. The van der Waals surface area contributed by atoms with Crippen LogP contribution >= 0.6 is 0 Å². The minimum Gasteiger partial charge on any atom is -0.438 e. The van der Waals surface area contributed by atoms with E-state index in [0.717, 1.165) is 52.1 Å². The number of benzene rings is 1. The summed E-state index contributed by atoms with van der Waals surface area (Å²) in [6.45, 7) is 12.5. The highest BCUT2D eigenvalue weighted by molar-refractivity contribution is 5.85. The lowest BCUT2D eigenvalue weighted by Gasteiger charge is -2.17. The van der Waals surface area contributed by atoms with Crippen molar-refractivity contribution in [1.29, 1.82) is 0 Å². The van der Waals surface area contributed by atoms with E-state index in [1.165, 1.54) is 57.8 Å². The molecule has 0 unspecified atom stereocenters. The van der Waals surface area contributed by atoms with Gasteiger partial charge in [-0.1, -0.05) is 72.1 Å². The van der Waals surface area contributed by atoms with E-state index < -0.39 is 0 Å². The third kappa shape index (κ3) is 8.93. The summed E-state index contributed by atoms with van der Waals surface area (Å²) >= 11 is 0. The predicted octanol–water partition coefficient (Wildman–Crippen LogP) is 9.77. The number of hydrogen-bond acceptors (Lipinski definition) is 4. The Bertz CT molecular complexity index is 1360. The number of aromatic nitrogens is 4. The minimum absolute atomic E-state index is 0.485. The molecule has 0 bridgehead atoms. The van der Waals surface area contributed by atoms with Crippen LogP contribution in [0.25, 0.3) is 22.2 Å². The van der Waals surface area contributed by atoms with Gasteiger partial charge in [-0.15, -0.1) is 0 Å². The first-order chi connectivity index (χ1) is 19.7. The Morgan fingerprint density at radius 2 is 1.54 bits per heavy atom. The second-order valence-electron chi connectivity index (χ2n) is 12.7. The maximum absolute atomic E-state index is 6.26. The highest BCUT2D eigenvalue weighted by Gasteiger charge is 2.13. The van der Waals surface area contributed by atoms with Crippen LogP contribution in [0.4, 0.5) is 0 Å². The van der Waals surface area contributed by atoms with Crippen LogP contribution in [0.2, 0.25) is 0 Å². The molecule has 3 heterocycles. The zero-order chi connectivity index (χ0) is 29.2. The van der Waals surface area contributed by atoms with Crippen LogP contribution in [0, 0.1) is 19.3 Å². The third-order valence-corrected chi connectivity index (χ3v) is 7.90. The molecule has 0 aliphatic rings. The molecular weight excluding hydrogens is 508 g/mol. The lowest BCUT2D eigenvalue weighted by Crippen LogP contribution is -2.03. The zero-order valence-electron chi connectivity index (χ0n) is 26.2. The van der Waals surface area contributed by atoms with Crippen molar-refractivity contribution in [3.8, 4) is 22.9 Å². The number of hydrogen-bond donors (Lipinski definition) is 0. The number of ether oxygens (including phenoxy) is 2. The molecule has 4 aromatic rings. The molecule has 0 aliphatic heterocycles. The lowest BCUT2D eigenvalue weighted by atomic mass is 9.89. The first kappa shape index (κ1) is 30.8. The minimum atomic E-state index is 0.485. The summed E-state index contributed by atoms with van der Waals surface area (Å²) in [7, 11) is 1.98. The van der Waals surface area contributed by atoms with Crippen molar-refractivity contribution >= 4 is 10.9 Å². The van der Waals surface area contributed by atoms with Gasteiger partial charge in [-0.3, -0.25) is 4.68 Å². The normalized spacial score (nSPS) is 12.0. The molecule has 1 aromatic carbocycles. The van der Waals surface area contributed by atoms with Gasteiger partial charge >= 0.3 is 0 Å². The predicted molar refractivity (Wildman–Crippen MR) is 170 cm³/mol. The standard InChI is InChI=1S/C35H50N4O2/c1-27-24-29(16-17-30(27)33-28(2)25-37-38(33)6)41-34-31-19-22-39(32(31)18-21-36-34)26-40-23-15-13-11-9-7-8-10-12-14-20-35(3,4)5/h16-19,21-22,24-25H,7-15,20,23,26H2,1-6H3. The lowest BCUT2D eigenvalue weighted by molar-refractivity contribution is 0.0766. The molecule has 3 aromatic heterocycles. The summed E-state index contributed by atoms with van der Waals surface area (Å²) in [4.78, 5) is 4.53. The van der Waals surface area contributed by atoms with Crippen molar-refractivity contribution < 1.29 is 9.47 Å². The topological polar surface area (TPSA) is 54.1 Å². The van der Waals surface area contributed by atoms with Gasteiger partial charge in [0.1, 0.15) is 12.5 Å². The van der Waals surface area contributed by atoms with Gasteiger partial charge in [0, 0.05) is 31.6 Å². The van der Waals surface area contributed by atoms with Crippen LogP contribution in [-0.4, -0.2) is 25.9 Å². The first-order valence-electron chi connectivity index (χ1n) is 15.5. The number of unbranched alkanes of at least 4 members (excludes halogenated alkanes) is 8. The fraction of sp³-hybridized carbons (Fsp3) is 0.543. The smallest absolute Gasteiger partial charge is 0.228 e. The van der Waals surface area contributed by atoms with Crippen LogP contribution in [0.1, 0.15) is 96.1 Å².